The van der Waals surface area contributed by atoms with Gasteiger partial charge in [-0.25, -0.2) is 24.3 Å². The number of hydrogen-bond acceptors (Lipinski definition) is 9. The van der Waals surface area contributed by atoms with E-state index >= 15 is 0 Å². The predicted octanol–water partition coefficient (Wildman–Crippen LogP) is 1.38. The molecule has 5 heterocycles. The van der Waals surface area contributed by atoms with Gasteiger partial charge in [-0.3, -0.25) is 9.59 Å². The number of nitrogens with one attached hydrogen (secondary N) is 1. The number of piperidine rings is 1. The maximum absolute atomic E-state index is 12.9. The van der Waals surface area contributed by atoms with Crippen molar-refractivity contribution in [2.45, 2.75) is 19.4 Å². The van der Waals surface area contributed by atoms with Crippen molar-refractivity contribution in [2.75, 3.05) is 24.5 Å². The van der Waals surface area contributed by atoms with E-state index in [2.05, 4.69) is 35.4 Å². The first-order valence-electron chi connectivity index (χ1n) is 11.0. The molecule has 1 fully saturated rings. The van der Waals surface area contributed by atoms with Crippen LogP contribution in [0.5, 0.6) is 0 Å². The van der Waals surface area contributed by atoms with Gasteiger partial charge in [0, 0.05) is 31.8 Å². The first kappa shape index (κ1) is 21.9. The van der Waals surface area contributed by atoms with Crippen molar-refractivity contribution in [1.29, 1.82) is 0 Å². The van der Waals surface area contributed by atoms with Gasteiger partial charge in [0.1, 0.15) is 30.5 Å². The molecule has 0 aliphatic carbocycles. The van der Waals surface area contributed by atoms with E-state index in [0.29, 0.717) is 25.5 Å². The molecule has 1 aliphatic heterocycles. The van der Waals surface area contributed by atoms with E-state index in [9.17, 15) is 9.59 Å². The van der Waals surface area contributed by atoms with Crippen molar-refractivity contribution < 1.29 is 4.79 Å². The molecule has 174 valence electrons. The van der Waals surface area contributed by atoms with Gasteiger partial charge in [-0.2, -0.15) is 10.2 Å². The summed E-state index contributed by atoms with van der Waals surface area (Å²) in [5.74, 6) is 1.18. The molecule has 1 atom stereocenters. The summed E-state index contributed by atoms with van der Waals surface area (Å²) in [4.78, 5) is 40.7. The van der Waals surface area contributed by atoms with Crippen LogP contribution in [0.4, 0.5) is 5.82 Å². The predicted molar refractivity (Wildman–Crippen MR) is 127 cm³/mol. The summed E-state index contributed by atoms with van der Waals surface area (Å²) in [5, 5.41) is 13.5. The molecule has 1 aliphatic rings. The van der Waals surface area contributed by atoms with E-state index in [1.54, 1.807) is 28.4 Å². The minimum Gasteiger partial charge on any atom is -0.356 e. The second kappa shape index (κ2) is 9.91. The van der Waals surface area contributed by atoms with Gasteiger partial charge in [-0.05, 0) is 30.4 Å². The summed E-state index contributed by atoms with van der Waals surface area (Å²) in [6.07, 6.45) is 6.20. The Morgan fingerprint density at radius 3 is 2.91 bits per heavy atom. The van der Waals surface area contributed by atoms with Crippen LogP contribution in [0.15, 0.2) is 59.5 Å². The number of carbonyl (C=O) groups is 1. The van der Waals surface area contributed by atoms with Crippen LogP contribution in [-0.2, 0) is 11.3 Å². The number of aromatic nitrogens is 7. The summed E-state index contributed by atoms with van der Waals surface area (Å²) in [7, 11) is 0. The third kappa shape index (κ3) is 4.86. The van der Waals surface area contributed by atoms with Crippen LogP contribution in [0.3, 0.4) is 0 Å². The Kier molecular flexibility index (Phi) is 6.38. The third-order valence-electron chi connectivity index (χ3n) is 5.67. The molecule has 4 aromatic rings. The fourth-order valence-electron chi connectivity index (χ4n) is 3.96. The fraction of sp³-hybridized carbons (Fsp3) is 0.318. The maximum Gasteiger partial charge on any atom is 0.266 e. The van der Waals surface area contributed by atoms with Crippen LogP contribution < -0.4 is 15.8 Å². The quantitative estimate of drug-likeness (QED) is 0.423. The Labute approximate surface area is 199 Å². The Morgan fingerprint density at radius 1 is 1.18 bits per heavy atom. The van der Waals surface area contributed by atoms with Gasteiger partial charge >= 0.3 is 0 Å². The van der Waals surface area contributed by atoms with Gasteiger partial charge in [0.15, 0.2) is 5.82 Å². The van der Waals surface area contributed by atoms with Gasteiger partial charge in [-0.15, -0.1) is 11.3 Å². The topological polar surface area (TPSA) is 124 Å². The molecule has 1 unspecified atom stereocenters. The third-order valence-corrected chi connectivity index (χ3v) is 6.56. The smallest absolute Gasteiger partial charge is 0.266 e. The summed E-state index contributed by atoms with van der Waals surface area (Å²) in [5.41, 5.74) is 0.560. The first-order chi connectivity index (χ1) is 16.7. The standard InChI is InChI=1S/C22H23N9O2S/c32-21-6-5-17(18-4-2-10-34-18)28-30(21)9-7-24-22(33)16-3-1-8-29(12-16)19-11-20(26-14-25-19)31-15-23-13-27-31/h2,4-6,10-11,13-16H,1,3,7-9,12H2,(H,24,33). The first-order valence-corrected chi connectivity index (χ1v) is 11.9. The van der Waals surface area contributed by atoms with Gasteiger partial charge in [0.25, 0.3) is 5.56 Å². The Hall–Kier alpha value is -3.93. The van der Waals surface area contributed by atoms with Crippen LogP contribution in [-0.4, -0.2) is 60.1 Å². The second-order valence-corrected chi connectivity index (χ2v) is 8.86. The number of rotatable bonds is 7. The zero-order valence-corrected chi connectivity index (χ0v) is 19.1. The summed E-state index contributed by atoms with van der Waals surface area (Å²) in [6, 6.07) is 8.99. The Morgan fingerprint density at radius 2 is 2.09 bits per heavy atom. The van der Waals surface area contributed by atoms with Gasteiger partial charge in [-0.1, -0.05) is 6.07 Å². The molecule has 0 aromatic carbocycles. The molecule has 1 N–H and O–H groups in total. The number of nitrogens with zero attached hydrogens (tertiary/aromatic N) is 8. The van der Waals surface area contributed by atoms with E-state index in [1.807, 2.05) is 23.6 Å². The number of anilines is 1. The van der Waals surface area contributed by atoms with Crippen molar-refractivity contribution in [2.24, 2.45) is 5.92 Å². The highest BCUT2D eigenvalue weighted by Gasteiger charge is 2.26. The van der Waals surface area contributed by atoms with Crippen molar-refractivity contribution in [1.82, 2.24) is 39.8 Å². The summed E-state index contributed by atoms with van der Waals surface area (Å²) < 4.78 is 2.97. The maximum atomic E-state index is 12.9. The molecule has 34 heavy (non-hydrogen) atoms. The second-order valence-electron chi connectivity index (χ2n) is 7.91. The number of thiophene rings is 1. The molecule has 0 spiro atoms. The van der Waals surface area contributed by atoms with Gasteiger partial charge < -0.3 is 10.2 Å². The molecule has 5 rings (SSSR count). The molecule has 11 nitrogen and oxygen atoms in total. The molecule has 0 saturated carbocycles. The molecule has 4 aromatic heterocycles. The molecular formula is C22H23N9O2S. The Balaban J connectivity index is 1.19. The van der Waals surface area contributed by atoms with Gasteiger partial charge in [0.2, 0.25) is 5.91 Å². The highest BCUT2D eigenvalue weighted by atomic mass is 32.1. The lowest BCUT2D eigenvalue weighted by atomic mass is 9.97. The fourth-order valence-corrected chi connectivity index (χ4v) is 4.65. The minimum absolute atomic E-state index is 0.0299. The van der Waals surface area contributed by atoms with Crippen molar-refractivity contribution in [3.8, 4) is 16.4 Å². The number of amides is 1. The highest BCUT2D eigenvalue weighted by molar-refractivity contribution is 7.13. The monoisotopic (exact) mass is 477 g/mol. The minimum atomic E-state index is -0.189. The van der Waals surface area contributed by atoms with E-state index in [-0.39, 0.29) is 17.4 Å². The van der Waals surface area contributed by atoms with Crippen LogP contribution in [0.25, 0.3) is 16.4 Å². The lowest BCUT2D eigenvalue weighted by Crippen LogP contribution is -2.44. The van der Waals surface area contributed by atoms with Crippen molar-refractivity contribution in [3.63, 3.8) is 0 Å². The summed E-state index contributed by atoms with van der Waals surface area (Å²) >= 11 is 1.57. The van der Waals surface area contributed by atoms with E-state index in [1.165, 1.54) is 23.4 Å². The zero-order valence-electron chi connectivity index (χ0n) is 18.3. The van der Waals surface area contributed by atoms with Crippen molar-refractivity contribution >= 4 is 23.1 Å². The van der Waals surface area contributed by atoms with Crippen LogP contribution in [0.1, 0.15) is 12.8 Å². The molecular weight excluding hydrogens is 454 g/mol. The van der Waals surface area contributed by atoms with Crippen LogP contribution in [0.2, 0.25) is 0 Å². The van der Waals surface area contributed by atoms with E-state index in [4.69, 9.17) is 0 Å². The number of carbonyl (C=O) groups excluding carboxylic acids is 1. The average molecular weight is 478 g/mol. The van der Waals surface area contributed by atoms with Crippen LogP contribution in [0, 0.1) is 5.92 Å². The summed E-state index contributed by atoms with van der Waals surface area (Å²) in [6.45, 7) is 2.02. The normalized spacial score (nSPS) is 15.9. The lowest BCUT2D eigenvalue weighted by molar-refractivity contribution is -0.125. The van der Waals surface area contributed by atoms with E-state index < -0.39 is 0 Å². The average Bonchev–Trinajstić information content (AvgIpc) is 3.60. The molecule has 12 heteroatoms. The number of hydrogen-bond donors (Lipinski definition) is 1. The van der Waals surface area contributed by atoms with Crippen LogP contribution >= 0.6 is 11.3 Å². The molecule has 1 amide bonds. The zero-order chi connectivity index (χ0) is 23.3. The largest absolute Gasteiger partial charge is 0.356 e. The highest BCUT2D eigenvalue weighted by Crippen LogP contribution is 2.23. The van der Waals surface area contributed by atoms with Gasteiger partial charge in [0.05, 0.1) is 17.3 Å². The van der Waals surface area contributed by atoms with Crippen molar-refractivity contribution in [3.05, 3.63) is 65.0 Å². The van der Waals surface area contributed by atoms with E-state index in [0.717, 1.165) is 35.8 Å². The molecule has 1 saturated heterocycles. The lowest BCUT2D eigenvalue weighted by Gasteiger charge is -2.32. The SMILES string of the molecule is O=C(NCCn1nc(-c2cccs2)ccc1=O)C1CCCN(c2cc(-n3cncn3)ncn2)C1. The Bertz CT molecular complexity index is 1300. The molecule has 0 radical (unpaired) electrons. The molecule has 0 bridgehead atoms.